The zero-order valence-electron chi connectivity index (χ0n) is 13.6. The number of nitrogens with one attached hydrogen (secondary N) is 2. The predicted octanol–water partition coefficient (Wildman–Crippen LogP) is 1.48. The maximum absolute atomic E-state index is 12.5. The van der Waals surface area contributed by atoms with E-state index >= 15 is 0 Å². The molecule has 2 rings (SSSR count). The summed E-state index contributed by atoms with van der Waals surface area (Å²) in [5.41, 5.74) is -0.695. The topological polar surface area (TPSA) is 70.7 Å². The molecule has 0 saturated carbocycles. The Hall–Kier alpha value is -2.13. The SMILES string of the molecule is O=C(NCCCN1CCOCC1)C(=O)Nc1ccc(C(F)(F)F)cc1. The molecule has 1 aliphatic heterocycles. The summed E-state index contributed by atoms with van der Waals surface area (Å²) in [6, 6.07) is 3.89. The van der Waals surface area contributed by atoms with Crippen molar-refractivity contribution in [3.63, 3.8) is 0 Å². The maximum Gasteiger partial charge on any atom is 0.416 e. The van der Waals surface area contributed by atoms with Gasteiger partial charge in [-0.15, -0.1) is 0 Å². The highest BCUT2D eigenvalue weighted by Crippen LogP contribution is 2.29. The number of hydrogen-bond acceptors (Lipinski definition) is 4. The number of carbonyl (C=O) groups excluding carboxylic acids is 2. The lowest BCUT2D eigenvalue weighted by atomic mass is 10.2. The average Bonchev–Trinajstić information content (AvgIpc) is 2.59. The molecular formula is C16H20F3N3O3. The van der Waals surface area contributed by atoms with Gasteiger partial charge in [0.2, 0.25) is 0 Å². The third-order valence-corrected chi connectivity index (χ3v) is 3.72. The van der Waals surface area contributed by atoms with Crippen molar-refractivity contribution >= 4 is 17.5 Å². The first-order valence-electron chi connectivity index (χ1n) is 7.93. The van der Waals surface area contributed by atoms with E-state index in [1.807, 2.05) is 0 Å². The van der Waals surface area contributed by atoms with Crippen molar-refractivity contribution in [3.05, 3.63) is 29.8 Å². The molecule has 1 fully saturated rings. The Labute approximate surface area is 143 Å². The molecule has 1 aromatic carbocycles. The Morgan fingerprint density at radius 1 is 1.08 bits per heavy atom. The van der Waals surface area contributed by atoms with E-state index in [-0.39, 0.29) is 5.69 Å². The molecule has 0 radical (unpaired) electrons. The fraction of sp³-hybridized carbons (Fsp3) is 0.500. The summed E-state index contributed by atoms with van der Waals surface area (Å²) in [6.45, 7) is 4.23. The van der Waals surface area contributed by atoms with Gasteiger partial charge in [0.1, 0.15) is 0 Å². The van der Waals surface area contributed by atoms with Crippen LogP contribution < -0.4 is 10.6 Å². The number of morpholine rings is 1. The minimum absolute atomic E-state index is 0.126. The van der Waals surface area contributed by atoms with E-state index < -0.39 is 23.6 Å². The van der Waals surface area contributed by atoms with E-state index in [4.69, 9.17) is 4.74 Å². The van der Waals surface area contributed by atoms with E-state index in [1.54, 1.807) is 0 Å². The van der Waals surface area contributed by atoms with Crippen LogP contribution in [0.4, 0.5) is 18.9 Å². The highest BCUT2D eigenvalue weighted by molar-refractivity contribution is 6.39. The summed E-state index contributed by atoms with van der Waals surface area (Å²) in [5, 5.41) is 4.75. The van der Waals surface area contributed by atoms with Crippen LogP contribution in [0.25, 0.3) is 0 Å². The Balaban J connectivity index is 1.70. The van der Waals surface area contributed by atoms with Gasteiger partial charge >= 0.3 is 18.0 Å². The number of anilines is 1. The van der Waals surface area contributed by atoms with Gasteiger partial charge in [-0.05, 0) is 37.2 Å². The third-order valence-electron chi connectivity index (χ3n) is 3.72. The fourth-order valence-corrected chi connectivity index (χ4v) is 2.34. The van der Waals surface area contributed by atoms with Gasteiger partial charge in [0.15, 0.2) is 0 Å². The number of nitrogens with zero attached hydrogens (tertiary/aromatic N) is 1. The van der Waals surface area contributed by atoms with Crippen molar-refractivity contribution in [2.45, 2.75) is 12.6 Å². The Bertz CT molecular complexity index is 585. The average molecular weight is 359 g/mol. The van der Waals surface area contributed by atoms with Gasteiger partial charge in [-0.25, -0.2) is 0 Å². The Morgan fingerprint density at radius 2 is 1.72 bits per heavy atom. The number of ether oxygens (including phenoxy) is 1. The number of benzene rings is 1. The van der Waals surface area contributed by atoms with Gasteiger partial charge in [-0.3, -0.25) is 14.5 Å². The van der Waals surface area contributed by atoms with E-state index in [9.17, 15) is 22.8 Å². The van der Waals surface area contributed by atoms with Crippen molar-refractivity contribution < 1.29 is 27.5 Å². The normalized spacial score (nSPS) is 15.6. The molecule has 0 aliphatic carbocycles. The van der Waals surface area contributed by atoms with Gasteiger partial charge in [-0.1, -0.05) is 0 Å². The monoisotopic (exact) mass is 359 g/mol. The maximum atomic E-state index is 12.5. The molecule has 1 saturated heterocycles. The van der Waals surface area contributed by atoms with E-state index in [1.165, 1.54) is 0 Å². The zero-order chi connectivity index (χ0) is 18.3. The van der Waals surface area contributed by atoms with Gasteiger partial charge in [0.05, 0.1) is 18.8 Å². The second-order valence-electron chi connectivity index (χ2n) is 5.59. The molecular weight excluding hydrogens is 339 g/mol. The molecule has 2 amide bonds. The quantitative estimate of drug-likeness (QED) is 0.617. The number of carbonyl (C=O) groups is 2. The van der Waals surface area contributed by atoms with Crippen LogP contribution in [0.3, 0.4) is 0 Å². The van der Waals surface area contributed by atoms with Crippen molar-refractivity contribution in [1.82, 2.24) is 10.2 Å². The molecule has 1 aromatic rings. The van der Waals surface area contributed by atoms with Gasteiger partial charge in [-0.2, -0.15) is 13.2 Å². The second-order valence-corrected chi connectivity index (χ2v) is 5.59. The Kier molecular flexibility index (Phi) is 6.77. The largest absolute Gasteiger partial charge is 0.416 e. The summed E-state index contributed by atoms with van der Waals surface area (Å²) >= 11 is 0. The molecule has 0 bridgehead atoms. The third kappa shape index (κ3) is 6.35. The van der Waals surface area contributed by atoms with Crippen LogP contribution in [0.1, 0.15) is 12.0 Å². The molecule has 9 heteroatoms. The second kappa shape index (κ2) is 8.82. The molecule has 1 heterocycles. The highest BCUT2D eigenvalue weighted by Gasteiger charge is 2.30. The van der Waals surface area contributed by atoms with Gasteiger partial charge in [0.25, 0.3) is 0 Å². The van der Waals surface area contributed by atoms with E-state index in [2.05, 4.69) is 15.5 Å². The number of hydrogen-bond donors (Lipinski definition) is 2. The predicted molar refractivity (Wildman–Crippen MR) is 85.0 cm³/mol. The minimum atomic E-state index is -4.44. The summed E-state index contributed by atoms with van der Waals surface area (Å²) < 4.78 is 42.6. The molecule has 0 atom stereocenters. The standard InChI is InChI=1S/C16H20F3N3O3/c17-16(18,19)12-2-4-13(5-3-12)21-15(24)14(23)20-6-1-7-22-8-10-25-11-9-22/h2-5H,1,6-11H2,(H,20,23)(H,21,24). The lowest BCUT2D eigenvalue weighted by Gasteiger charge is -2.26. The molecule has 0 aromatic heterocycles. The number of rotatable bonds is 5. The van der Waals surface area contributed by atoms with Crippen molar-refractivity contribution in [2.75, 3.05) is 44.7 Å². The highest BCUT2D eigenvalue weighted by atomic mass is 19.4. The lowest BCUT2D eigenvalue weighted by molar-refractivity contribution is -0.137. The van der Waals surface area contributed by atoms with E-state index in [0.717, 1.165) is 43.9 Å². The first-order valence-corrected chi connectivity index (χ1v) is 7.93. The fourth-order valence-electron chi connectivity index (χ4n) is 2.34. The molecule has 6 nitrogen and oxygen atoms in total. The van der Waals surface area contributed by atoms with Gasteiger partial charge < -0.3 is 15.4 Å². The van der Waals surface area contributed by atoms with Crippen LogP contribution in [0, 0.1) is 0 Å². The number of alkyl halides is 3. The Morgan fingerprint density at radius 3 is 2.32 bits per heavy atom. The first-order chi connectivity index (χ1) is 11.9. The molecule has 1 aliphatic rings. The van der Waals surface area contributed by atoms with Crippen molar-refractivity contribution in [3.8, 4) is 0 Å². The summed E-state index contributed by atoms with van der Waals surface area (Å²) in [7, 11) is 0. The van der Waals surface area contributed by atoms with Crippen LogP contribution in [0.15, 0.2) is 24.3 Å². The minimum Gasteiger partial charge on any atom is -0.379 e. The molecule has 25 heavy (non-hydrogen) atoms. The summed E-state index contributed by atoms with van der Waals surface area (Å²) in [4.78, 5) is 25.6. The number of halogens is 3. The van der Waals surface area contributed by atoms with Crippen molar-refractivity contribution in [2.24, 2.45) is 0 Å². The summed E-state index contributed by atoms with van der Waals surface area (Å²) in [5.74, 6) is -1.73. The van der Waals surface area contributed by atoms with Crippen LogP contribution in [-0.4, -0.2) is 56.1 Å². The van der Waals surface area contributed by atoms with E-state index in [0.29, 0.717) is 26.2 Å². The molecule has 138 valence electrons. The van der Waals surface area contributed by atoms with Crippen LogP contribution >= 0.6 is 0 Å². The van der Waals surface area contributed by atoms with Crippen LogP contribution in [0.5, 0.6) is 0 Å². The molecule has 2 N–H and O–H groups in total. The first kappa shape index (κ1) is 19.2. The lowest BCUT2D eigenvalue weighted by Crippen LogP contribution is -2.39. The smallest absolute Gasteiger partial charge is 0.379 e. The molecule has 0 spiro atoms. The number of amides is 2. The summed E-state index contributed by atoms with van der Waals surface area (Å²) in [6.07, 6.45) is -3.75. The van der Waals surface area contributed by atoms with Crippen LogP contribution in [-0.2, 0) is 20.5 Å². The zero-order valence-corrected chi connectivity index (χ0v) is 13.6. The van der Waals surface area contributed by atoms with Crippen molar-refractivity contribution in [1.29, 1.82) is 0 Å². The van der Waals surface area contributed by atoms with Gasteiger partial charge in [0, 0.05) is 25.3 Å². The van der Waals surface area contributed by atoms with Crippen LogP contribution in [0.2, 0.25) is 0 Å². The molecule has 0 unspecified atom stereocenters.